The van der Waals surface area contributed by atoms with E-state index in [9.17, 15) is 0 Å². The van der Waals surface area contributed by atoms with Crippen molar-refractivity contribution in [2.75, 3.05) is 0 Å². The Bertz CT molecular complexity index is 488. The van der Waals surface area contributed by atoms with Crippen LogP contribution >= 0.6 is 0 Å². The first-order valence-electron chi connectivity index (χ1n) is 5.72. The molecule has 0 saturated heterocycles. The number of nitrogens with zero attached hydrogens (tertiary/aromatic N) is 4. The Morgan fingerprint density at radius 1 is 1.47 bits per heavy atom. The summed E-state index contributed by atoms with van der Waals surface area (Å²) < 4.78 is 7.12. The summed E-state index contributed by atoms with van der Waals surface area (Å²) in [6.45, 7) is 6.85. The van der Waals surface area contributed by atoms with Crippen LogP contribution in [-0.4, -0.2) is 19.7 Å². The second kappa shape index (κ2) is 4.67. The molecule has 0 radical (unpaired) electrons. The molecule has 2 rings (SSSR count). The molecule has 1 atom stereocenters. The molecule has 0 amide bonds. The zero-order valence-electron chi connectivity index (χ0n) is 10.3. The molecule has 17 heavy (non-hydrogen) atoms. The van der Waals surface area contributed by atoms with Crippen LogP contribution in [0.3, 0.4) is 0 Å². The summed E-state index contributed by atoms with van der Waals surface area (Å²) in [4.78, 5) is 8.38. The average molecular weight is 235 g/mol. The zero-order chi connectivity index (χ0) is 12.4. The van der Waals surface area contributed by atoms with Gasteiger partial charge in [-0.2, -0.15) is 4.98 Å². The van der Waals surface area contributed by atoms with Crippen LogP contribution in [-0.2, 0) is 6.54 Å². The highest BCUT2D eigenvalue weighted by Crippen LogP contribution is 2.19. The molecule has 92 valence electrons. The van der Waals surface area contributed by atoms with E-state index in [4.69, 9.17) is 10.3 Å². The highest BCUT2D eigenvalue weighted by molar-refractivity contribution is 5.14. The molecule has 0 bridgehead atoms. The number of aromatic nitrogens is 4. The second-order valence-electron chi connectivity index (χ2n) is 4.23. The number of aryl methyl sites for hydroxylation is 1. The molecule has 1 unspecified atom stereocenters. The third-order valence-electron chi connectivity index (χ3n) is 2.63. The fraction of sp³-hybridized carbons (Fsp3) is 0.545. The average Bonchev–Trinajstić information content (AvgIpc) is 2.96. The summed E-state index contributed by atoms with van der Waals surface area (Å²) in [6, 6.07) is -0.395. The van der Waals surface area contributed by atoms with E-state index in [0.717, 1.165) is 12.2 Å². The van der Waals surface area contributed by atoms with Crippen molar-refractivity contribution in [2.24, 2.45) is 5.73 Å². The molecule has 2 aromatic rings. The lowest BCUT2D eigenvalue weighted by molar-refractivity contribution is 0.359. The van der Waals surface area contributed by atoms with Crippen molar-refractivity contribution in [3.8, 4) is 0 Å². The van der Waals surface area contributed by atoms with Crippen LogP contribution in [0.5, 0.6) is 0 Å². The molecular formula is C11H17N5O. The predicted octanol–water partition coefficient (Wildman–Crippen LogP) is 1.46. The van der Waals surface area contributed by atoms with Gasteiger partial charge in [0, 0.05) is 12.5 Å². The lowest BCUT2D eigenvalue weighted by Gasteiger charge is -2.09. The summed E-state index contributed by atoms with van der Waals surface area (Å²) >= 11 is 0. The number of hydrogen-bond acceptors (Lipinski definition) is 5. The molecule has 6 nitrogen and oxygen atoms in total. The fourth-order valence-electron chi connectivity index (χ4n) is 1.59. The minimum Gasteiger partial charge on any atom is -0.339 e. The van der Waals surface area contributed by atoms with Gasteiger partial charge in [-0.1, -0.05) is 19.0 Å². The van der Waals surface area contributed by atoms with E-state index in [2.05, 4.69) is 15.1 Å². The van der Waals surface area contributed by atoms with Gasteiger partial charge in [-0.25, -0.2) is 4.98 Å². The lowest BCUT2D eigenvalue weighted by atomic mass is 10.2. The number of nitrogens with two attached hydrogens (primary N) is 1. The highest BCUT2D eigenvalue weighted by Gasteiger charge is 2.20. The quantitative estimate of drug-likeness (QED) is 0.867. The van der Waals surface area contributed by atoms with Gasteiger partial charge in [0.2, 0.25) is 5.89 Å². The van der Waals surface area contributed by atoms with Crippen LogP contribution in [0, 0.1) is 0 Å². The van der Waals surface area contributed by atoms with Gasteiger partial charge in [0.05, 0.1) is 18.2 Å². The third-order valence-corrected chi connectivity index (χ3v) is 2.63. The molecule has 0 spiro atoms. The van der Waals surface area contributed by atoms with E-state index >= 15 is 0 Å². The van der Waals surface area contributed by atoms with E-state index in [1.807, 2.05) is 25.3 Å². The van der Waals surface area contributed by atoms with E-state index in [0.29, 0.717) is 11.7 Å². The molecule has 0 fully saturated rings. The SMILES string of the molecule is CCn1cncc1C(N)c1noc(C(C)C)n1. The fourth-order valence-corrected chi connectivity index (χ4v) is 1.59. The van der Waals surface area contributed by atoms with Crippen LogP contribution in [0.1, 0.15) is 50.1 Å². The predicted molar refractivity (Wildman–Crippen MR) is 62.3 cm³/mol. The first kappa shape index (κ1) is 11.8. The van der Waals surface area contributed by atoms with Gasteiger partial charge in [-0.05, 0) is 6.92 Å². The van der Waals surface area contributed by atoms with Gasteiger partial charge < -0.3 is 14.8 Å². The lowest BCUT2D eigenvalue weighted by Crippen LogP contribution is -2.17. The van der Waals surface area contributed by atoms with Gasteiger partial charge in [0.1, 0.15) is 6.04 Å². The monoisotopic (exact) mass is 235 g/mol. The Hall–Kier alpha value is -1.69. The van der Waals surface area contributed by atoms with Crippen LogP contribution < -0.4 is 5.73 Å². The van der Waals surface area contributed by atoms with Gasteiger partial charge in [-0.3, -0.25) is 0 Å². The third kappa shape index (κ3) is 2.21. The molecular weight excluding hydrogens is 218 g/mol. The molecule has 0 aliphatic rings. The van der Waals surface area contributed by atoms with E-state index < -0.39 is 6.04 Å². The normalized spacial score (nSPS) is 13.2. The molecule has 0 aliphatic carbocycles. The minimum absolute atomic E-state index is 0.208. The molecule has 0 aromatic carbocycles. The van der Waals surface area contributed by atoms with Crippen molar-refractivity contribution in [1.29, 1.82) is 0 Å². The van der Waals surface area contributed by atoms with Crippen molar-refractivity contribution in [3.05, 3.63) is 29.9 Å². The Morgan fingerprint density at radius 3 is 2.82 bits per heavy atom. The Morgan fingerprint density at radius 2 is 2.24 bits per heavy atom. The maximum atomic E-state index is 6.10. The molecule has 6 heteroatoms. The van der Waals surface area contributed by atoms with E-state index in [-0.39, 0.29) is 5.92 Å². The van der Waals surface area contributed by atoms with Gasteiger partial charge >= 0.3 is 0 Å². The standard InChI is InChI=1S/C11H17N5O/c1-4-16-6-13-5-8(16)9(12)10-14-11(7(2)3)17-15-10/h5-7,9H,4,12H2,1-3H3. The summed E-state index contributed by atoms with van der Waals surface area (Å²) in [7, 11) is 0. The summed E-state index contributed by atoms with van der Waals surface area (Å²) in [5.41, 5.74) is 7.00. The second-order valence-corrected chi connectivity index (χ2v) is 4.23. The maximum Gasteiger partial charge on any atom is 0.229 e. The smallest absolute Gasteiger partial charge is 0.229 e. The van der Waals surface area contributed by atoms with Crippen molar-refractivity contribution < 1.29 is 4.52 Å². The van der Waals surface area contributed by atoms with Crippen molar-refractivity contribution in [2.45, 2.75) is 39.3 Å². The molecule has 2 N–H and O–H groups in total. The topological polar surface area (TPSA) is 82.8 Å². The molecule has 0 saturated carbocycles. The largest absolute Gasteiger partial charge is 0.339 e. The first-order chi connectivity index (χ1) is 8.13. The summed E-state index contributed by atoms with van der Waals surface area (Å²) in [6.07, 6.45) is 3.48. The van der Waals surface area contributed by atoms with Gasteiger partial charge in [-0.15, -0.1) is 0 Å². The molecule has 0 aliphatic heterocycles. The highest BCUT2D eigenvalue weighted by atomic mass is 16.5. The molecule has 2 heterocycles. The van der Waals surface area contributed by atoms with Crippen molar-refractivity contribution >= 4 is 0 Å². The Balaban J connectivity index is 2.27. The van der Waals surface area contributed by atoms with E-state index in [1.54, 1.807) is 12.5 Å². The maximum absolute atomic E-state index is 6.10. The van der Waals surface area contributed by atoms with Crippen LogP contribution in [0.2, 0.25) is 0 Å². The number of imidazole rings is 1. The Kier molecular flexibility index (Phi) is 3.23. The summed E-state index contributed by atoms with van der Waals surface area (Å²) in [5.74, 6) is 1.32. The van der Waals surface area contributed by atoms with Crippen molar-refractivity contribution in [1.82, 2.24) is 19.7 Å². The first-order valence-corrected chi connectivity index (χ1v) is 5.72. The number of hydrogen-bond donors (Lipinski definition) is 1. The zero-order valence-corrected chi connectivity index (χ0v) is 10.3. The van der Waals surface area contributed by atoms with Gasteiger partial charge in [0.25, 0.3) is 0 Å². The van der Waals surface area contributed by atoms with Crippen LogP contribution in [0.25, 0.3) is 0 Å². The number of rotatable bonds is 4. The van der Waals surface area contributed by atoms with Crippen LogP contribution in [0.15, 0.2) is 17.0 Å². The minimum atomic E-state index is -0.395. The summed E-state index contributed by atoms with van der Waals surface area (Å²) in [5, 5.41) is 3.92. The Labute approximate surface area is 99.8 Å². The molecule has 2 aromatic heterocycles. The van der Waals surface area contributed by atoms with Crippen LogP contribution in [0.4, 0.5) is 0 Å². The van der Waals surface area contributed by atoms with E-state index in [1.165, 1.54) is 0 Å². The van der Waals surface area contributed by atoms with Crippen molar-refractivity contribution in [3.63, 3.8) is 0 Å². The van der Waals surface area contributed by atoms with Gasteiger partial charge in [0.15, 0.2) is 5.82 Å².